The van der Waals surface area contributed by atoms with Gasteiger partial charge in [-0.15, -0.1) is 0 Å². The molecule has 3 nitrogen and oxygen atoms in total. The Morgan fingerprint density at radius 1 is 1.08 bits per heavy atom. The number of hydrogen-bond acceptors (Lipinski definition) is 2. The van der Waals surface area contributed by atoms with E-state index in [1.54, 1.807) is 0 Å². The maximum Gasteiger partial charge on any atom is 0.241 e. The summed E-state index contributed by atoms with van der Waals surface area (Å²) in [7, 11) is 0. The van der Waals surface area contributed by atoms with Gasteiger partial charge in [-0.25, -0.2) is 0 Å². The van der Waals surface area contributed by atoms with Crippen molar-refractivity contribution in [1.82, 2.24) is 4.90 Å². The van der Waals surface area contributed by atoms with Crippen molar-refractivity contribution in [3.63, 3.8) is 0 Å². The molecule has 1 atom stereocenters. The van der Waals surface area contributed by atoms with E-state index in [4.69, 9.17) is 0 Å². The monoisotopic (exact) mass is 336 g/mol. The number of rotatable bonds is 5. The quantitative estimate of drug-likeness (QED) is 0.884. The summed E-state index contributed by atoms with van der Waals surface area (Å²) in [5, 5.41) is 3.04. The van der Waals surface area contributed by atoms with Crippen molar-refractivity contribution in [3.8, 4) is 0 Å². The van der Waals surface area contributed by atoms with Crippen LogP contribution in [-0.2, 0) is 11.2 Å². The summed E-state index contributed by atoms with van der Waals surface area (Å²) in [6.07, 6.45) is 3.48. The molecule has 0 radical (unpaired) electrons. The first-order valence-corrected chi connectivity index (χ1v) is 9.27. The molecule has 1 aliphatic heterocycles. The van der Waals surface area contributed by atoms with E-state index < -0.39 is 0 Å². The molecule has 1 heterocycles. The molecule has 0 aliphatic carbocycles. The molecule has 1 aliphatic rings. The summed E-state index contributed by atoms with van der Waals surface area (Å²) < 4.78 is 0. The molecule has 0 aromatic heterocycles. The molecule has 0 saturated carbocycles. The molecule has 0 unspecified atom stereocenters. The molecule has 3 heteroatoms. The van der Waals surface area contributed by atoms with E-state index >= 15 is 0 Å². The highest BCUT2D eigenvalue weighted by Gasteiger charge is 2.26. The van der Waals surface area contributed by atoms with Gasteiger partial charge in [-0.3, -0.25) is 9.69 Å². The number of carbonyl (C=O) groups is 1. The highest BCUT2D eigenvalue weighted by atomic mass is 16.2. The Balaban J connectivity index is 1.48. The number of carbonyl (C=O) groups excluding carboxylic acids is 1. The van der Waals surface area contributed by atoms with Gasteiger partial charge in [0.05, 0.1) is 6.04 Å². The fourth-order valence-electron chi connectivity index (χ4n) is 3.54. The minimum absolute atomic E-state index is 0.0843. The maximum atomic E-state index is 12.5. The number of aryl methyl sites for hydroxylation is 1. The molecule has 2 aromatic rings. The molecular weight excluding hydrogens is 308 g/mol. The van der Waals surface area contributed by atoms with Gasteiger partial charge in [0.1, 0.15) is 0 Å². The fraction of sp³-hybridized carbons (Fsp3) is 0.409. The number of nitrogens with zero attached hydrogens (tertiary/aromatic N) is 1. The first kappa shape index (κ1) is 17.7. The van der Waals surface area contributed by atoms with E-state index in [0.29, 0.717) is 0 Å². The zero-order valence-electron chi connectivity index (χ0n) is 15.2. The van der Waals surface area contributed by atoms with Crippen molar-refractivity contribution >= 4 is 11.6 Å². The van der Waals surface area contributed by atoms with Crippen LogP contribution in [0, 0.1) is 12.8 Å². The van der Waals surface area contributed by atoms with Crippen molar-refractivity contribution in [2.75, 3.05) is 18.4 Å². The smallest absolute Gasteiger partial charge is 0.241 e. The van der Waals surface area contributed by atoms with Gasteiger partial charge in [-0.05, 0) is 69.8 Å². The van der Waals surface area contributed by atoms with E-state index in [0.717, 1.165) is 44.0 Å². The summed E-state index contributed by atoms with van der Waals surface area (Å²) in [6.45, 7) is 6.06. The third-order valence-electron chi connectivity index (χ3n) is 5.26. The van der Waals surface area contributed by atoms with Crippen LogP contribution in [0.1, 0.15) is 30.9 Å². The Labute approximate surface area is 151 Å². The number of piperidine rings is 1. The SMILES string of the molecule is Cc1ccc(NC(=O)[C@@H](C)N2CCC(Cc3ccccc3)CC2)cc1. The van der Waals surface area contributed by atoms with Gasteiger partial charge in [0.2, 0.25) is 5.91 Å². The summed E-state index contributed by atoms with van der Waals surface area (Å²) in [4.78, 5) is 14.8. The normalized spacial score (nSPS) is 17.2. The number of likely N-dealkylation sites (tertiary alicyclic amines) is 1. The average molecular weight is 336 g/mol. The largest absolute Gasteiger partial charge is 0.325 e. The first-order chi connectivity index (χ1) is 12.1. The van der Waals surface area contributed by atoms with Crippen LogP contribution in [0.4, 0.5) is 5.69 Å². The van der Waals surface area contributed by atoms with Crippen LogP contribution in [0.3, 0.4) is 0 Å². The van der Waals surface area contributed by atoms with E-state index in [2.05, 4.69) is 40.5 Å². The van der Waals surface area contributed by atoms with Crippen LogP contribution in [-0.4, -0.2) is 29.9 Å². The predicted octanol–water partition coefficient (Wildman–Crippen LogP) is 4.28. The number of benzene rings is 2. The topological polar surface area (TPSA) is 32.3 Å². The molecule has 0 spiro atoms. The maximum absolute atomic E-state index is 12.5. The summed E-state index contributed by atoms with van der Waals surface area (Å²) >= 11 is 0. The van der Waals surface area contributed by atoms with Gasteiger partial charge in [0.25, 0.3) is 0 Å². The van der Waals surface area contributed by atoms with Gasteiger partial charge in [0, 0.05) is 5.69 Å². The Morgan fingerprint density at radius 3 is 2.36 bits per heavy atom. The molecule has 1 saturated heterocycles. The lowest BCUT2D eigenvalue weighted by Crippen LogP contribution is -2.46. The molecule has 25 heavy (non-hydrogen) atoms. The van der Waals surface area contributed by atoms with Crippen LogP contribution < -0.4 is 5.32 Å². The highest BCUT2D eigenvalue weighted by molar-refractivity contribution is 5.94. The average Bonchev–Trinajstić information content (AvgIpc) is 2.64. The molecular formula is C22H28N2O. The summed E-state index contributed by atoms with van der Waals surface area (Å²) in [5.41, 5.74) is 3.50. The Kier molecular flexibility index (Phi) is 5.87. The fourth-order valence-corrected chi connectivity index (χ4v) is 3.54. The van der Waals surface area contributed by atoms with Crippen molar-refractivity contribution in [2.45, 2.75) is 39.2 Å². The highest BCUT2D eigenvalue weighted by Crippen LogP contribution is 2.23. The second kappa shape index (κ2) is 8.30. The van der Waals surface area contributed by atoms with Gasteiger partial charge >= 0.3 is 0 Å². The lowest BCUT2D eigenvalue weighted by Gasteiger charge is -2.35. The van der Waals surface area contributed by atoms with Crippen LogP contribution in [0.25, 0.3) is 0 Å². The number of hydrogen-bond donors (Lipinski definition) is 1. The Bertz CT molecular complexity index is 673. The molecule has 2 aromatic carbocycles. The molecule has 3 rings (SSSR count). The second-order valence-electron chi connectivity index (χ2n) is 7.20. The number of nitrogens with one attached hydrogen (secondary N) is 1. The third-order valence-corrected chi connectivity index (χ3v) is 5.26. The number of amides is 1. The van der Waals surface area contributed by atoms with Gasteiger partial charge in [-0.2, -0.15) is 0 Å². The minimum Gasteiger partial charge on any atom is -0.325 e. The molecule has 132 valence electrons. The van der Waals surface area contributed by atoms with Crippen LogP contribution in [0.2, 0.25) is 0 Å². The molecule has 1 fully saturated rings. The summed E-state index contributed by atoms with van der Waals surface area (Å²) in [5.74, 6) is 0.816. The molecule has 1 N–H and O–H groups in total. The predicted molar refractivity (Wildman–Crippen MR) is 104 cm³/mol. The van der Waals surface area contributed by atoms with Gasteiger partial charge in [0.15, 0.2) is 0 Å². The van der Waals surface area contributed by atoms with Crippen molar-refractivity contribution < 1.29 is 4.79 Å². The van der Waals surface area contributed by atoms with Crippen molar-refractivity contribution in [1.29, 1.82) is 0 Å². The lowest BCUT2D eigenvalue weighted by molar-refractivity contribution is -0.121. The first-order valence-electron chi connectivity index (χ1n) is 9.27. The van der Waals surface area contributed by atoms with Crippen molar-refractivity contribution in [3.05, 3.63) is 65.7 Å². The van der Waals surface area contributed by atoms with Gasteiger partial charge in [-0.1, -0.05) is 48.0 Å². The van der Waals surface area contributed by atoms with E-state index in [-0.39, 0.29) is 11.9 Å². The Hall–Kier alpha value is -2.13. The summed E-state index contributed by atoms with van der Waals surface area (Å²) in [6, 6.07) is 18.6. The third kappa shape index (κ3) is 4.93. The zero-order chi connectivity index (χ0) is 17.6. The lowest BCUT2D eigenvalue weighted by atomic mass is 9.89. The Morgan fingerprint density at radius 2 is 1.72 bits per heavy atom. The van der Waals surface area contributed by atoms with E-state index in [1.807, 2.05) is 38.1 Å². The van der Waals surface area contributed by atoms with Gasteiger partial charge < -0.3 is 5.32 Å². The second-order valence-corrected chi connectivity index (χ2v) is 7.20. The minimum atomic E-state index is -0.0843. The molecule has 0 bridgehead atoms. The van der Waals surface area contributed by atoms with Crippen LogP contribution >= 0.6 is 0 Å². The molecule has 1 amide bonds. The van der Waals surface area contributed by atoms with E-state index in [1.165, 1.54) is 11.1 Å². The van der Waals surface area contributed by atoms with Crippen LogP contribution in [0.15, 0.2) is 54.6 Å². The van der Waals surface area contributed by atoms with E-state index in [9.17, 15) is 4.79 Å². The van der Waals surface area contributed by atoms with Crippen molar-refractivity contribution in [2.24, 2.45) is 5.92 Å². The number of anilines is 1. The standard InChI is InChI=1S/C22H28N2O/c1-17-8-10-21(11-9-17)23-22(25)18(2)24-14-12-20(13-15-24)16-19-6-4-3-5-7-19/h3-11,18,20H,12-16H2,1-2H3,(H,23,25)/t18-/m1/s1. The zero-order valence-corrected chi connectivity index (χ0v) is 15.2. The van der Waals surface area contributed by atoms with Crippen LogP contribution in [0.5, 0.6) is 0 Å².